The molecule has 0 radical (unpaired) electrons. The minimum atomic E-state index is 0.0764. The van der Waals surface area contributed by atoms with E-state index in [1.165, 1.54) is 33.2 Å². The molecule has 0 saturated heterocycles. The number of allylic oxidation sites excluding steroid dienone is 4. The second-order valence-corrected chi connectivity index (χ2v) is 11.1. The molecule has 5 heteroatoms. The smallest absolute Gasteiger partial charge is 0.235 e. The number of benzene rings is 5. The van der Waals surface area contributed by atoms with E-state index in [4.69, 9.17) is 15.0 Å². The number of hydrogen-bond acceptors (Lipinski definition) is 3. The first-order chi connectivity index (χ1) is 21.8. The van der Waals surface area contributed by atoms with Crippen molar-refractivity contribution in [1.29, 1.82) is 0 Å². The van der Waals surface area contributed by atoms with Crippen LogP contribution in [0.2, 0.25) is 0 Å². The summed E-state index contributed by atoms with van der Waals surface area (Å²) < 4.78 is 4.88. The van der Waals surface area contributed by atoms with E-state index in [0.717, 1.165) is 22.4 Å². The molecule has 0 saturated carbocycles. The number of hydrogen-bond donors (Lipinski definition) is 0. The Balaban J connectivity index is 1.28. The fourth-order valence-electron chi connectivity index (χ4n) is 6.58. The molecule has 1 aliphatic heterocycles. The largest absolute Gasteiger partial charge is 0.318 e. The second kappa shape index (κ2) is 9.82. The van der Waals surface area contributed by atoms with Gasteiger partial charge in [0.25, 0.3) is 0 Å². The molecule has 0 fully saturated rings. The number of aromatic nitrogens is 4. The highest BCUT2D eigenvalue weighted by Gasteiger charge is 2.37. The summed E-state index contributed by atoms with van der Waals surface area (Å²) >= 11 is 0. The van der Waals surface area contributed by atoms with Gasteiger partial charge in [-0.25, -0.2) is 15.0 Å². The van der Waals surface area contributed by atoms with Gasteiger partial charge >= 0.3 is 0 Å². The van der Waals surface area contributed by atoms with Gasteiger partial charge in [-0.05, 0) is 18.2 Å². The lowest BCUT2D eigenvalue weighted by atomic mass is 10.0. The number of nitrogens with zero attached hydrogens (tertiary/aromatic N) is 5. The Labute approximate surface area is 254 Å². The molecule has 0 N–H and O–H groups in total. The van der Waals surface area contributed by atoms with Crippen molar-refractivity contribution >= 4 is 38.9 Å². The van der Waals surface area contributed by atoms with Crippen molar-refractivity contribution in [2.75, 3.05) is 0 Å². The first-order valence-corrected chi connectivity index (χ1v) is 14.8. The summed E-state index contributed by atoms with van der Waals surface area (Å²) in [6.45, 7) is 0. The zero-order valence-electron chi connectivity index (χ0n) is 23.7. The van der Waals surface area contributed by atoms with Gasteiger partial charge in [0.15, 0.2) is 17.5 Å². The van der Waals surface area contributed by atoms with Gasteiger partial charge in [0.2, 0.25) is 17.1 Å². The zero-order valence-corrected chi connectivity index (χ0v) is 23.7. The monoisotopic (exact) mass is 564 g/mol. The Hall–Kier alpha value is -5.94. The van der Waals surface area contributed by atoms with Crippen LogP contribution < -0.4 is 4.58 Å². The Morgan fingerprint density at radius 1 is 0.545 bits per heavy atom. The summed E-state index contributed by atoms with van der Waals surface area (Å²) in [7, 11) is 0. The first kappa shape index (κ1) is 24.6. The summed E-state index contributed by atoms with van der Waals surface area (Å²) in [5, 5.41) is 2.39. The van der Waals surface area contributed by atoms with E-state index in [1.807, 2.05) is 60.7 Å². The van der Waals surface area contributed by atoms with Gasteiger partial charge < -0.3 is 4.57 Å². The molecule has 5 nitrogen and oxygen atoms in total. The van der Waals surface area contributed by atoms with E-state index in [2.05, 4.69) is 100 Å². The van der Waals surface area contributed by atoms with Gasteiger partial charge in [-0.2, -0.15) is 4.58 Å². The topological polar surface area (TPSA) is 46.6 Å². The van der Waals surface area contributed by atoms with Gasteiger partial charge in [0.1, 0.15) is 11.6 Å². The molecule has 1 atom stereocenters. The molecule has 0 bridgehead atoms. The van der Waals surface area contributed by atoms with Crippen LogP contribution >= 0.6 is 0 Å². The van der Waals surface area contributed by atoms with Crippen molar-refractivity contribution in [3.63, 3.8) is 0 Å². The lowest BCUT2D eigenvalue weighted by Gasteiger charge is -2.24. The molecule has 1 unspecified atom stereocenters. The van der Waals surface area contributed by atoms with Crippen molar-refractivity contribution in [1.82, 2.24) is 24.1 Å². The molecule has 2 aromatic heterocycles. The van der Waals surface area contributed by atoms with Crippen molar-refractivity contribution in [3.05, 3.63) is 152 Å². The molecule has 44 heavy (non-hydrogen) atoms. The average molecular weight is 565 g/mol. The molecule has 0 amide bonds. The van der Waals surface area contributed by atoms with E-state index in [-0.39, 0.29) is 6.04 Å². The number of fused-ring (bicyclic) bond motifs is 5. The lowest BCUT2D eigenvalue weighted by molar-refractivity contribution is 0.781. The highest BCUT2D eigenvalue weighted by molar-refractivity contribution is 6.18. The minimum absolute atomic E-state index is 0.0764. The maximum atomic E-state index is 5.00. The third-order valence-electron chi connectivity index (χ3n) is 8.53. The lowest BCUT2D eigenvalue weighted by Crippen LogP contribution is -2.30. The van der Waals surface area contributed by atoms with Crippen LogP contribution in [0.1, 0.15) is 6.04 Å². The van der Waals surface area contributed by atoms with Crippen molar-refractivity contribution in [3.8, 4) is 34.2 Å². The molecular formula is C39H26N5+. The van der Waals surface area contributed by atoms with Crippen LogP contribution in [-0.2, 0) is 0 Å². The van der Waals surface area contributed by atoms with Crippen LogP contribution in [0.15, 0.2) is 152 Å². The molecule has 206 valence electrons. The Morgan fingerprint density at radius 2 is 1.18 bits per heavy atom. The van der Waals surface area contributed by atoms with Crippen molar-refractivity contribution < 1.29 is 0 Å². The van der Waals surface area contributed by atoms with Crippen LogP contribution in [0.25, 0.3) is 56.0 Å². The predicted octanol–water partition coefficient (Wildman–Crippen LogP) is 8.94. The standard InChI is InChI=1S/C39H26N5/c1-4-13-26(14-5-1)37-40-38(27-15-6-2-7-16-27)42-39(41-37)28-23-24-32-31(25-28)30-19-12-22-35-36(30)44(32)34-21-11-10-20-33(34)43(35)29-17-8-3-9-18-29/h1-25,34H/q+1. The average Bonchev–Trinajstić information content (AvgIpc) is 3.44. The highest BCUT2D eigenvalue weighted by atomic mass is 15.2. The van der Waals surface area contributed by atoms with Crippen LogP contribution in [0.5, 0.6) is 0 Å². The van der Waals surface area contributed by atoms with E-state index < -0.39 is 0 Å². The SMILES string of the molecule is C1=CC2=[N+](c3ccccc3)c3cccc4c5cc(-c6nc(-c7ccccc7)nc(-c7ccccc7)n6)ccc5n(c34)C2C=C1. The number of para-hydroxylation sites is 2. The van der Waals surface area contributed by atoms with Gasteiger partial charge in [-0.3, -0.25) is 0 Å². The summed E-state index contributed by atoms with van der Waals surface area (Å²) in [6.07, 6.45) is 8.81. The Kier molecular flexibility index (Phi) is 5.50. The summed E-state index contributed by atoms with van der Waals surface area (Å²) in [4.78, 5) is 14.9. The molecular weight excluding hydrogens is 538 g/mol. The fourth-order valence-corrected chi connectivity index (χ4v) is 6.58. The van der Waals surface area contributed by atoms with Crippen LogP contribution in [0, 0.1) is 0 Å². The predicted molar refractivity (Wildman–Crippen MR) is 179 cm³/mol. The minimum Gasteiger partial charge on any atom is -0.318 e. The molecule has 2 aliphatic rings. The maximum absolute atomic E-state index is 5.00. The summed E-state index contributed by atoms with van der Waals surface area (Å²) in [5.74, 6) is 1.98. The second-order valence-electron chi connectivity index (χ2n) is 11.1. The Morgan fingerprint density at radius 3 is 1.86 bits per heavy atom. The first-order valence-electron chi connectivity index (χ1n) is 14.8. The molecule has 7 aromatic rings. The van der Waals surface area contributed by atoms with Crippen LogP contribution in [0.3, 0.4) is 0 Å². The van der Waals surface area contributed by atoms with Gasteiger partial charge in [0.05, 0.1) is 5.52 Å². The third kappa shape index (κ3) is 3.80. The molecule has 1 aliphatic carbocycles. The molecule has 0 spiro atoms. The molecule has 5 aromatic carbocycles. The van der Waals surface area contributed by atoms with E-state index >= 15 is 0 Å². The number of rotatable bonds is 4. The van der Waals surface area contributed by atoms with Crippen LogP contribution in [0.4, 0.5) is 11.4 Å². The quantitative estimate of drug-likeness (QED) is 0.201. The van der Waals surface area contributed by atoms with Gasteiger partial charge in [-0.15, -0.1) is 0 Å². The summed E-state index contributed by atoms with van der Waals surface area (Å²) in [6, 6.07) is 44.2. The van der Waals surface area contributed by atoms with Crippen molar-refractivity contribution in [2.24, 2.45) is 0 Å². The third-order valence-corrected chi connectivity index (χ3v) is 8.53. The maximum Gasteiger partial charge on any atom is 0.235 e. The van der Waals surface area contributed by atoms with E-state index in [0.29, 0.717) is 17.5 Å². The zero-order chi connectivity index (χ0) is 29.0. The molecule has 3 heterocycles. The fraction of sp³-hybridized carbons (Fsp3) is 0.0256. The van der Waals surface area contributed by atoms with Crippen molar-refractivity contribution in [2.45, 2.75) is 6.04 Å². The highest BCUT2D eigenvalue weighted by Crippen LogP contribution is 2.44. The van der Waals surface area contributed by atoms with Crippen LogP contribution in [-0.4, -0.2) is 25.2 Å². The van der Waals surface area contributed by atoms with Gasteiger partial charge in [-0.1, -0.05) is 109 Å². The van der Waals surface area contributed by atoms with E-state index in [9.17, 15) is 0 Å². The molecule has 9 rings (SSSR count). The van der Waals surface area contributed by atoms with E-state index in [1.54, 1.807) is 0 Å². The normalized spacial score (nSPS) is 15.2. The van der Waals surface area contributed by atoms with Gasteiger partial charge in [0, 0.05) is 51.7 Å². The summed E-state index contributed by atoms with van der Waals surface area (Å²) in [5.41, 5.74) is 8.86. The Bertz CT molecular complexity index is 2260.